The summed E-state index contributed by atoms with van der Waals surface area (Å²) in [5, 5.41) is 8.12. The first-order valence-electron chi connectivity index (χ1n) is 5.89. The number of carbonyl (C=O) groups excluding carboxylic acids is 1. The van der Waals surface area contributed by atoms with Gasteiger partial charge in [-0.2, -0.15) is 0 Å². The third-order valence-corrected chi connectivity index (χ3v) is 4.37. The van der Waals surface area contributed by atoms with Crippen LogP contribution < -0.4 is 10.6 Å². The number of carbonyl (C=O) groups is 1. The van der Waals surface area contributed by atoms with Crippen LogP contribution in [0.1, 0.15) is 21.5 Å². The molecule has 1 amide bonds. The van der Waals surface area contributed by atoms with Gasteiger partial charge in [0.1, 0.15) is 0 Å². The Balaban J connectivity index is 2.07. The topological polar surface area (TPSA) is 41.1 Å². The summed E-state index contributed by atoms with van der Waals surface area (Å²) in [6, 6.07) is 7.77. The Hall–Kier alpha value is -1.33. The summed E-state index contributed by atoms with van der Waals surface area (Å²) >= 11 is 5.13. The standard InChI is InChI=1S/C14H15BrN2OS/c1-9-5-11(14(18)16-2)3-4-12(9)17-7-10-6-13(15)19-8-10/h3-6,8,17H,7H2,1-2H3,(H,16,18). The van der Waals surface area contributed by atoms with Crippen molar-refractivity contribution in [3.05, 3.63) is 50.1 Å². The molecule has 0 spiro atoms. The van der Waals surface area contributed by atoms with E-state index in [1.165, 1.54) is 5.56 Å². The molecule has 1 heterocycles. The first-order chi connectivity index (χ1) is 9.10. The predicted octanol–water partition coefficient (Wildman–Crippen LogP) is 3.79. The Labute approximate surface area is 125 Å². The Morgan fingerprint density at radius 3 is 2.74 bits per heavy atom. The molecule has 2 N–H and O–H groups in total. The average Bonchev–Trinajstić information content (AvgIpc) is 2.82. The first kappa shape index (κ1) is 14.1. The molecule has 3 nitrogen and oxygen atoms in total. The van der Waals surface area contributed by atoms with Gasteiger partial charge in [-0.25, -0.2) is 0 Å². The molecule has 0 bridgehead atoms. The van der Waals surface area contributed by atoms with Crippen LogP contribution in [-0.2, 0) is 6.54 Å². The molecule has 1 aromatic heterocycles. The van der Waals surface area contributed by atoms with Crippen LogP contribution in [0.25, 0.3) is 0 Å². The minimum Gasteiger partial charge on any atom is -0.381 e. The molecule has 0 atom stereocenters. The molecular formula is C14H15BrN2OS. The molecule has 2 rings (SSSR count). The molecule has 19 heavy (non-hydrogen) atoms. The van der Waals surface area contributed by atoms with E-state index < -0.39 is 0 Å². The molecule has 0 saturated carbocycles. The summed E-state index contributed by atoms with van der Waals surface area (Å²) in [6.07, 6.45) is 0. The lowest BCUT2D eigenvalue weighted by Gasteiger charge is -2.10. The number of aryl methyl sites for hydroxylation is 1. The molecule has 1 aromatic carbocycles. The molecule has 0 unspecified atom stereocenters. The zero-order valence-corrected chi connectivity index (χ0v) is 13.2. The zero-order valence-electron chi connectivity index (χ0n) is 10.8. The smallest absolute Gasteiger partial charge is 0.251 e. The van der Waals surface area contributed by atoms with Crippen molar-refractivity contribution in [1.82, 2.24) is 5.32 Å². The number of rotatable bonds is 4. The highest BCUT2D eigenvalue weighted by Gasteiger charge is 2.06. The summed E-state index contributed by atoms with van der Waals surface area (Å²) < 4.78 is 1.14. The fraction of sp³-hybridized carbons (Fsp3) is 0.214. The zero-order chi connectivity index (χ0) is 13.8. The highest BCUT2D eigenvalue weighted by molar-refractivity contribution is 9.11. The Kier molecular flexibility index (Phi) is 4.61. The second-order valence-electron chi connectivity index (χ2n) is 4.22. The van der Waals surface area contributed by atoms with Gasteiger partial charge in [0.05, 0.1) is 3.79 Å². The van der Waals surface area contributed by atoms with Gasteiger partial charge in [-0.1, -0.05) is 0 Å². The van der Waals surface area contributed by atoms with Gasteiger partial charge in [0, 0.05) is 24.8 Å². The van der Waals surface area contributed by atoms with E-state index in [9.17, 15) is 4.79 Å². The van der Waals surface area contributed by atoms with Crippen molar-refractivity contribution >= 4 is 38.9 Å². The maximum absolute atomic E-state index is 11.5. The van der Waals surface area contributed by atoms with Crippen molar-refractivity contribution in [3.8, 4) is 0 Å². The van der Waals surface area contributed by atoms with Crippen molar-refractivity contribution in [3.63, 3.8) is 0 Å². The van der Waals surface area contributed by atoms with Gasteiger partial charge in [0.2, 0.25) is 0 Å². The number of benzene rings is 1. The van der Waals surface area contributed by atoms with E-state index in [0.717, 1.165) is 21.6 Å². The average molecular weight is 339 g/mol. The molecule has 100 valence electrons. The van der Waals surface area contributed by atoms with E-state index in [4.69, 9.17) is 0 Å². The first-order valence-corrected chi connectivity index (χ1v) is 7.57. The molecule has 0 saturated heterocycles. The third-order valence-electron chi connectivity index (χ3n) is 2.82. The van der Waals surface area contributed by atoms with Crippen molar-refractivity contribution in [2.24, 2.45) is 0 Å². The predicted molar refractivity (Wildman–Crippen MR) is 83.9 cm³/mol. The van der Waals surface area contributed by atoms with Gasteiger partial charge in [0.25, 0.3) is 5.91 Å². The number of halogens is 1. The van der Waals surface area contributed by atoms with E-state index in [-0.39, 0.29) is 5.91 Å². The number of amides is 1. The second kappa shape index (κ2) is 6.21. The van der Waals surface area contributed by atoms with Crippen molar-refractivity contribution in [2.45, 2.75) is 13.5 Å². The van der Waals surface area contributed by atoms with Gasteiger partial charge in [-0.3, -0.25) is 4.79 Å². The Morgan fingerprint density at radius 2 is 2.16 bits per heavy atom. The molecule has 0 aliphatic rings. The van der Waals surface area contributed by atoms with E-state index in [0.29, 0.717) is 5.56 Å². The number of hydrogen-bond donors (Lipinski definition) is 2. The van der Waals surface area contributed by atoms with E-state index in [1.54, 1.807) is 18.4 Å². The maximum Gasteiger partial charge on any atom is 0.251 e. The van der Waals surface area contributed by atoms with Crippen LogP contribution in [0.2, 0.25) is 0 Å². The number of anilines is 1. The summed E-state index contributed by atoms with van der Waals surface area (Å²) in [6.45, 7) is 2.78. The summed E-state index contributed by atoms with van der Waals surface area (Å²) in [5.41, 5.74) is 4.04. The second-order valence-corrected chi connectivity index (χ2v) is 6.51. The molecule has 0 aliphatic carbocycles. The van der Waals surface area contributed by atoms with Crippen LogP contribution >= 0.6 is 27.3 Å². The Bertz CT molecular complexity index is 595. The van der Waals surface area contributed by atoms with Crippen LogP contribution in [-0.4, -0.2) is 13.0 Å². The lowest BCUT2D eigenvalue weighted by atomic mass is 10.1. The van der Waals surface area contributed by atoms with Crippen molar-refractivity contribution < 1.29 is 4.79 Å². The number of nitrogens with one attached hydrogen (secondary N) is 2. The van der Waals surface area contributed by atoms with Crippen LogP contribution in [0.15, 0.2) is 33.4 Å². The van der Waals surface area contributed by atoms with E-state index in [2.05, 4.69) is 38.0 Å². The fourth-order valence-electron chi connectivity index (χ4n) is 1.78. The van der Waals surface area contributed by atoms with Gasteiger partial charge in [-0.15, -0.1) is 11.3 Å². The Morgan fingerprint density at radius 1 is 1.37 bits per heavy atom. The third kappa shape index (κ3) is 3.58. The minimum absolute atomic E-state index is 0.0589. The highest BCUT2D eigenvalue weighted by atomic mass is 79.9. The monoisotopic (exact) mass is 338 g/mol. The summed E-state index contributed by atoms with van der Waals surface area (Å²) in [4.78, 5) is 11.5. The summed E-state index contributed by atoms with van der Waals surface area (Å²) in [5.74, 6) is -0.0589. The molecule has 5 heteroatoms. The molecule has 0 radical (unpaired) electrons. The fourth-order valence-corrected chi connectivity index (χ4v) is 2.99. The normalized spacial score (nSPS) is 10.3. The lowest BCUT2D eigenvalue weighted by Crippen LogP contribution is -2.17. The van der Waals surface area contributed by atoms with Gasteiger partial charge >= 0.3 is 0 Å². The van der Waals surface area contributed by atoms with Gasteiger partial charge < -0.3 is 10.6 Å². The largest absolute Gasteiger partial charge is 0.381 e. The number of thiophene rings is 1. The van der Waals surface area contributed by atoms with Crippen molar-refractivity contribution in [2.75, 3.05) is 12.4 Å². The quantitative estimate of drug-likeness (QED) is 0.890. The van der Waals surface area contributed by atoms with E-state index in [1.807, 2.05) is 25.1 Å². The van der Waals surface area contributed by atoms with Gasteiger partial charge in [0.15, 0.2) is 0 Å². The maximum atomic E-state index is 11.5. The van der Waals surface area contributed by atoms with Crippen LogP contribution in [0.4, 0.5) is 5.69 Å². The molecule has 0 fully saturated rings. The molecule has 0 aliphatic heterocycles. The minimum atomic E-state index is -0.0589. The number of hydrogen-bond acceptors (Lipinski definition) is 3. The van der Waals surface area contributed by atoms with Crippen LogP contribution in [0, 0.1) is 6.92 Å². The molecule has 2 aromatic rings. The van der Waals surface area contributed by atoms with Crippen LogP contribution in [0.3, 0.4) is 0 Å². The summed E-state index contributed by atoms with van der Waals surface area (Å²) in [7, 11) is 1.64. The lowest BCUT2D eigenvalue weighted by molar-refractivity contribution is 0.0963. The van der Waals surface area contributed by atoms with Crippen molar-refractivity contribution in [1.29, 1.82) is 0 Å². The van der Waals surface area contributed by atoms with E-state index >= 15 is 0 Å². The van der Waals surface area contributed by atoms with Gasteiger partial charge in [-0.05, 0) is 63.6 Å². The molecular weight excluding hydrogens is 324 g/mol. The highest BCUT2D eigenvalue weighted by Crippen LogP contribution is 2.22. The van der Waals surface area contributed by atoms with Crippen LogP contribution in [0.5, 0.6) is 0 Å². The SMILES string of the molecule is CNC(=O)c1ccc(NCc2csc(Br)c2)c(C)c1.